The standard InChI is InChI=1S/C44H38N3O2/c1-25(2)32-22-29(28-14-8-7-9-15-28)23-33(26(3)4)40(32)47-37-18-12-11-17-36(37)46(6)44(47)39-27(5)20-21-31-35-24-34-30-16-10-13-19-38(30)48-42(34)45-43(35)49-41(31)39/h7-26H,1-6H3/q+1. The maximum atomic E-state index is 6.80. The third-order valence-corrected chi connectivity index (χ3v) is 10.2. The van der Waals surface area contributed by atoms with Crippen LogP contribution in [0.15, 0.2) is 118 Å². The lowest BCUT2D eigenvalue weighted by molar-refractivity contribution is -0.633. The van der Waals surface area contributed by atoms with E-state index in [1.165, 1.54) is 27.9 Å². The van der Waals surface area contributed by atoms with Crippen molar-refractivity contribution >= 4 is 55.2 Å². The highest BCUT2D eigenvalue weighted by Crippen LogP contribution is 2.43. The average molecular weight is 641 g/mol. The van der Waals surface area contributed by atoms with Gasteiger partial charge < -0.3 is 8.83 Å². The summed E-state index contributed by atoms with van der Waals surface area (Å²) < 4.78 is 17.8. The Hall–Kier alpha value is -5.68. The summed E-state index contributed by atoms with van der Waals surface area (Å²) in [6.45, 7) is 11.4. The third kappa shape index (κ3) is 4.38. The van der Waals surface area contributed by atoms with Gasteiger partial charge in [0.1, 0.15) is 16.8 Å². The van der Waals surface area contributed by atoms with E-state index in [4.69, 9.17) is 13.8 Å². The molecule has 0 atom stereocenters. The lowest BCUT2D eigenvalue weighted by atomic mass is 9.88. The van der Waals surface area contributed by atoms with E-state index in [0.717, 1.165) is 60.7 Å². The van der Waals surface area contributed by atoms with Crippen molar-refractivity contribution in [3.05, 3.63) is 126 Å². The van der Waals surface area contributed by atoms with Crippen molar-refractivity contribution in [1.29, 1.82) is 0 Å². The van der Waals surface area contributed by atoms with Crippen LogP contribution < -0.4 is 4.57 Å². The number of para-hydroxylation sites is 3. The summed E-state index contributed by atoms with van der Waals surface area (Å²) in [4.78, 5) is 4.93. The summed E-state index contributed by atoms with van der Waals surface area (Å²) >= 11 is 0. The molecule has 0 fully saturated rings. The number of aromatic nitrogens is 3. The molecule has 0 aliphatic rings. The van der Waals surface area contributed by atoms with Gasteiger partial charge in [-0.2, -0.15) is 9.55 Å². The van der Waals surface area contributed by atoms with Crippen molar-refractivity contribution < 1.29 is 13.4 Å². The maximum Gasteiger partial charge on any atom is 0.299 e. The Morgan fingerprint density at radius 1 is 0.633 bits per heavy atom. The van der Waals surface area contributed by atoms with Crippen LogP contribution in [0.5, 0.6) is 0 Å². The van der Waals surface area contributed by atoms with Crippen LogP contribution in [0.3, 0.4) is 0 Å². The molecule has 5 heteroatoms. The molecule has 0 radical (unpaired) electrons. The lowest BCUT2D eigenvalue weighted by Crippen LogP contribution is -2.30. The Morgan fingerprint density at radius 2 is 1.29 bits per heavy atom. The number of hydrogen-bond acceptors (Lipinski definition) is 3. The minimum Gasteiger partial charge on any atom is -0.438 e. The fourth-order valence-corrected chi connectivity index (χ4v) is 7.71. The van der Waals surface area contributed by atoms with E-state index in [9.17, 15) is 0 Å². The second-order valence-corrected chi connectivity index (χ2v) is 13.9. The first-order valence-corrected chi connectivity index (χ1v) is 17.2. The molecule has 0 unspecified atom stereocenters. The average Bonchev–Trinajstić information content (AvgIpc) is 3.75. The molecule has 0 spiro atoms. The second-order valence-electron chi connectivity index (χ2n) is 13.9. The molecule has 49 heavy (non-hydrogen) atoms. The van der Waals surface area contributed by atoms with Gasteiger partial charge in [-0.25, -0.2) is 4.57 Å². The molecule has 5 aromatic carbocycles. The van der Waals surface area contributed by atoms with Crippen molar-refractivity contribution in [2.45, 2.75) is 46.5 Å². The van der Waals surface area contributed by atoms with Crippen LogP contribution in [-0.4, -0.2) is 9.55 Å². The Balaban J connectivity index is 1.40. The fourth-order valence-electron chi connectivity index (χ4n) is 7.71. The number of benzene rings is 5. The van der Waals surface area contributed by atoms with Gasteiger partial charge in [-0.05, 0) is 71.8 Å². The fraction of sp³-hybridized carbons (Fsp3) is 0.182. The molecule has 9 rings (SSSR count). The van der Waals surface area contributed by atoms with E-state index in [-0.39, 0.29) is 11.8 Å². The van der Waals surface area contributed by atoms with Gasteiger partial charge in [0, 0.05) is 32.7 Å². The molecular formula is C44H38N3O2+. The van der Waals surface area contributed by atoms with Gasteiger partial charge >= 0.3 is 0 Å². The number of furan rings is 2. The SMILES string of the molecule is Cc1ccc2c(oc3nc4oc5ccccc5c4cc32)c1-c1n(-c2c(C(C)C)cc(-c3ccccc3)cc2C(C)C)c2ccccc2[n+]1C. The Kier molecular flexibility index (Phi) is 6.57. The number of hydrogen-bond donors (Lipinski definition) is 0. The Bertz CT molecular complexity index is 2710. The Morgan fingerprint density at radius 3 is 2.04 bits per heavy atom. The summed E-state index contributed by atoms with van der Waals surface area (Å²) in [7, 11) is 2.18. The molecule has 4 heterocycles. The molecule has 0 aliphatic heterocycles. The van der Waals surface area contributed by atoms with Crippen LogP contribution in [0.1, 0.15) is 56.2 Å². The van der Waals surface area contributed by atoms with E-state index in [0.29, 0.717) is 11.4 Å². The smallest absolute Gasteiger partial charge is 0.299 e. The number of pyridine rings is 1. The highest BCUT2D eigenvalue weighted by atomic mass is 16.4. The first-order chi connectivity index (χ1) is 23.8. The van der Waals surface area contributed by atoms with Gasteiger partial charge in [0.15, 0.2) is 16.6 Å². The topological polar surface area (TPSA) is 48.0 Å². The number of aryl methyl sites for hydroxylation is 2. The monoisotopic (exact) mass is 640 g/mol. The largest absolute Gasteiger partial charge is 0.438 e. The third-order valence-electron chi connectivity index (χ3n) is 10.2. The van der Waals surface area contributed by atoms with Crippen molar-refractivity contribution in [2.24, 2.45) is 7.05 Å². The number of fused-ring (bicyclic) bond motifs is 7. The predicted molar refractivity (Wildman–Crippen MR) is 201 cm³/mol. The van der Waals surface area contributed by atoms with E-state index in [2.05, 4.69) is 142 Å². The van der Waals surface area contributed by atoms with Crippen molar-refractivity contribution in [3.8, 4) is 28.2 Å². The number of rotatable bonds is 5. The normalized spacial score (nSPS) is 12.2. The first-order valence-electron chi connectivity index (χ1n) is 17.2. The van der Waals surface area contributed by atoms with Crippen molar-refractivity contribution in [3.63, 3.8) is 0 Å². The summed E-state index contributed by atoms with van der Waals surface area (Å²) in [5.41, 5.74) is 13.7. The molecule has 5 nitrogen and oxygen atoms in total. The highest BCUT2D eigenvalue weighted by molar-refractivity contribution is 6.14. The molecule has 9 aromatic rings. The zero-order valence-corrected chi connectivity index (χ0v) is 28.7. The zero-order chi connectivity index (χ0) is 33.6. The van der Waals surface area contributed by atoms with E-state index >= 15 is 0 Å². The predicted octanol–water partition coefficient (Wildman–Crippen LogP) is 11.5. The summed E-state index contributed by atoms with van der Waals surface area (Å²) in [5, 5.41) is 4.08. The molecule has 0 saturated carbocycles. The van der Waals surface area contributed by atoms with E-state index < -0.39 is 0 Å². The van der Waals surface area contributed by atoms with Crippen molar-refractivity contribution in [2.75, 3.05) is 0 Å². The van der Waals surface area contributed by atoms with Gasteiger partial charge in [-0.1, -0.05) is 100 Å². The molecule has 240 valence electrons. The Labute approximate surface area is 285 Å². The van der Waals surface area contributed by atoms with Gasteiger partial charge in [0.25, 0.3) is 5.82 Å². The van der Waals surface area contributed by atoms with Crippen LogP contribution in [0.25, 0.3) is 83.4 Å². The quantitative estimate of drug-likeness (QED) is 0.176. The highest BCUT2D eigenvalue weighted by Gasteiger charge is 2.34. The molecule has 0 amide bonds. The maximum absolute atomic E-state index is 6.80. The van der Waals surface area contributed by atoms with Crippen LogP contribution in [-0.2, 0) is 7.05 Å². The van der Waals surface area contributed by atoms with Gasteiger partial charge in [0.05, 0.1) is 7.05 Å². The molecule has 0 aliphatic carbocycles. The molecule has 0 bridgehead atoms. The number of nitrogens with zero attached hydrogens (tertiary/aromatic N) is 3. The first kappa shape index (κ1) is 29.5. The summed E-state index contributed by atoms with van der Waals surface area (Å²) in [5.74, 6) is 1.65. The van der Waals surface area contributed by atoms with Crippen LogP contribution in [0.2, 0.25) is 0 Å². The van der Waals surface area contributed by atoms with Crippen LogP contribution in [0.4, 0.5) is 0 Å². The van der Waals surface area contributed by atoms with E-state index in [1.807, 2.05) is 18.2 Å². The van der Waals surface area contributed by atoms with E-state index in [1.54, 1.807) is 0 Å². The molecule has 0 saturated heterocycles. The minimum absolute atomic E-state index is 0.285. The second kappa shape index (κ2) is 10.9. The van der Waals surface area contributed by atoms with Gasteiger partial charge in [-0.3, -0.25) is 0 Å². The van der Waals surface area contributed by atoms with Gasteiger partial charge in [-0.15, -0.1) is 0 Å². The molecule has 4 aromatic heterocycles. The summed E-state index contributed by atoms with van der Waals surface area (Å²) in [6, 6.07) is 38.9. The van der Waals surface area contributed by atoms with Crippen LogP contribution in [0, 0.1) is 6.92 Å². The van der Waals surface area contributed by atoms with Gasteiger partial charge in [0.2, 0.25) is 11.4 Å². The van der Waals surface area contributed by atoms with Crippen LogP contribution >= 0.6 is 0 Å². The van der Waals surface area contributed by atoms with Crippen molar-refractivity contribution in [1.82, 2.24) is 9.55 Å². The molecular weight excluding hydrogens is 603 g/mol. The zero-order valence-electron chi connectivity index (χ0n) is 28.7. The summed E-state index contributed by atoms with van der Waals surface area (Å²) in [6.07, 6.45) is 0. The molecule has 0 N–H and O–H groups in total. The lowest BCUT2D eigenvalue weighted by Gasteiger charge is -2.21. The minimum atomic E-state index is 0.285. The number of imidazole rings is 1.